The Morgan fingerprint density at radius 1 is 1.00 bits per heavy atom. The Bertz CT molecular complexity index is 1060. The van der Waals surface area contributed by atoms with Crippen molar-refractivity contribution in [3.05, 3.63) is 66.0 Å². The molecule has 2 heterocycles. The predicted octanol–water partition coefficient (Wildman–Crippen LogP) is 3.77. The zero-order valence-electron chi connectivity index (χ0n) is 17.1. The quantitative estimate of drug-likeness (QED) is 0.647. The summed E-state index contributed by atoms with van der Waals surface area (Å²) in [7, 11) is 3.33. The highest BCUT2D eigenvalue weighted by molar-refractivity contribution is 5.96. The van der Waals surface area contributed by atoms with Gasteiger partial charge in [-0.05, 0) is 43.0 Å². The zero-order chi connectivity index (χ0) is 20.7. The molecule has 2 aromatic carbocycles. The minimum Gasteiger partial charge on any atom is -0.497 e. The van der Waals surface area contributed by atoms with Crippen LogP contribution in [0.5, 0.6) is 11.5 Å². The molecule has 1 fully saturated rings. The van der Waals surface area contributed by atoms with Gasteiger partial charge in [-0.3, -0.25) is 9.69 Å². The molecule has 0 bridgehead atoms. The van der Waals surface area contributed by atoms with Crippen LogP contribution >= 0.6 is 0 Å². The number of amides is 1. The van der Waals surface area contributed by atoms with Crippen LogP contribution < -0.4 is 14.4 Å². The number of carbonyl (C=O) groups is 1. The van der Waals surface area contributed by atoms with Gasteiger partial charge in [0.2, 0.25) is 11.9 Å². The summed E-state index contributed by atoms with van der Waals surface area (Å²) in [5, 5.41) is 4.49. The molecule has 0 N–H and O–H groups in total. The Morgan fingerprint density at radius 2 is 1.77 bits per heavy atom. The van der Waals surface area contributed by atoms with Gasteiger partial charge in [0.15, 0.2) is 0 Å². The van der Waals surface area contributed by atoms with E-state index in [2.05, 4.69) is 16.1 Å². The first-order chi connectivity index (χ1) is 14.7. The average molecular weight is 404 g/mol. The van der Waals surface area contributed by atoms with E-state index in [4.69, 9.17) is 9.47 Å². The maximum atomic E-state index is 13.3. The number of para-hydroxylation sites is 1. The Morgan fingerprint density at radius 3 is 2.47 bits per heavy atom. The van der Waals surface area contributed by atoms with E-state index in [1.165, 1.54) is 6.33 Å². The molecule has 2 atom stereocenters. The maximum Gasteiger partial charge on any atom is 0.233 e. The molecule has 3 aromatic rings. The predicted molar refractivity (Wildman–Crippen MR) is 112 cm³/mol. The molecule has 2 aliphatic rings. The number of fused-ring (bicyclic) bond motifs is 1. The van der Waals surface area contributed by atoms with Gasteiger partial charge in [0.05, 0.1) is 26.3 Å². The van der Waals surface area contributed by atoms with Gasteiger partial charge in [-0.2, -0.15) is 10.1 Å². The summed E-state index contributed by atoms with van der Waals surface area (Å²) in [4.78, 5) is 19.6. The fourth-order valence-corrected chi connectivity index (χ4v) is 4.28. The number of anilines is 1. The topological polar surface area (TPSA) is 69.5 Å². The molecule has 1 aliphatic carbocycles. The van der Waals surface area contributed by atoms with Crippen molar-refractivity contribution in [3.8, 4) is 11.5 Å². The molecular weight excluding hydrogens is 380 g/mol. The van der Waals surface area contributed by atoms with Crippen LogP contribution in [0.25, 0.3) is 0 Å². The van der Waals surface area contributed by atoms with E-state index in [0.717, 1.165) is 35.5 Å². The second-order valence-electron chi connectivity index (χ2n) is 7.77. The van der Waals surface area contributed by atoms with Gasteiger partial charge in [-0.1, -0.05) is 30.3 Å². The summed E-state index contributed by atoms with van der Waals surface area (Å²) in [6, 6.07) is 15.7. The van der Waals surface area contributed by atoms with Crippen LogP contribution in [0.4, 0.5) is 5.95 Å². The third kappa shape index (κ3) is 3.10. The third-order valence-electron chi connectivity index (χ3n) is 5.99. The monoisotopic (exact) mass is 404 g/mol. The zero-order valence-corrected chi connectivity index (χ0v) is 17.1. The number of nitrogens with zero attached hydrogens (tertiary/aromatic N) is 4. The van der Waals surface area contributed by atoms with Crippen LogP contribution in [0, 0.1) is 5.92 Å². The van der Waals surface area contributed by atoms with E-state index in [1.54, 1.807) is 14.2 Å². The van der Waals surface area contributed by atoms with Gasteiger partial charge < -0.3 is 9.47 Å². The first kappa shape index (κ1) is 18.7. The standard InChI is InChI=1S/C23H24N4O3/c1-29-17-11-9-15(10-12-17)19-13-20(18-5-3-4-6-21(18)30-2)27-23(24-14-25-27)26(19)22(28)16-7-8-16/h3-6,9-12,14,16,19-20H,7-8,13H2,1-2H3/t19-,20-/m0/s1. The summed E-state index contributed by atoms with van der Waals surface area (Å²) in [6.45, 7) is 0. The second kappa shape index (κ2) is 7.48. The summed E-state index contributed by atoms with van der Waals surface area (Å²) >= 11 is 0. The van der Waals surface area contributed by atoms with Crippen LogP contribution in [-0.4, -0.2) is 34.9 Å². The first-order valence-corrected chi connectivity index (χ1v) is 10.2. The summed E-state index contributed by atoms with van der Waals surface area (Å²) < 4.78 is 12.8. The Kier molecular flexibility index (Phi) is 4.65. The molecule has 1 amide bonds. The Hall–Kier alpha value is -3.35. The maximum absolute atomic E-state index is 13.3. The van der Waals surface area contributed by atoms with Crippen molar-refractivity contribution < 1.29 is 14.3 Å². The summed E-state index contributed by atoms with van der Waals surface area (Å²) in [5.74, 6) is 2.40. The normalized spacial score (nSPS) is 20.5. The van der Waals surface area contributed by atoms with Crippen molar-refractivity contribution in [1.29, 1.82) is 0 Å². The molecular formula is C23H24N4O3. The van der Waals surface area contributed by atoms with Gasteiger partial charge in [0.25, 0.3) is 0 Å². The number of aromatic nitrogens is 3. The fraction of sp³-hybridized carbons (Fsp3) is 0.348. The van der Waals surface area contributed by atoms with Gasteiger partial charge in [0, 0.05) is 11.5 Å². The van der Waals surface area contributed by atoms with E-state index >= 15 is 0 Å². The lowest BCUT2D eigenvalue weighted by Crippen LogP contribution is -2.43. The van der Waals surface area contributed by atoms with Crippen molar-refractivity contribution in [2.24, 2.45) is 5.92 Å². The van der Waals surface area contributed by atoms with E-state index in [9.17, 15) is 4.79 Å². The van der Waals surface area contributed by atoms with Gasteiger partial charge in [-0.25, -0.2) is 4.68 Å². The number of hydrogen-bond donors (Lipinski definition) is 0. The molecule has 5 rings (SSSR count). The molecule has 30 heavy (non-hydrogen) atoms. The SMILES string of the molecule is COc1ccc([C@@H]2C[C@@H](c3ccccc3OC)n3ncnc3N2C(=O)C2CC2)cc1. The summed E-state index contributed by atoms with van der Waals surface area (Å²) in [6.07, 6.45) is 4.09. The Balaban J connectivity index is 1.63. The Labute approximate surface area is 175 Å². The molecule has 0 unspecified atom stereocenters. The number of hydrogen-bond acceptors (Lipinski definition) is 5. The molecule has 0 radical (unpaired) electrons. The molecule has 0 spiro atoms. The first-order valence-electron chi connectivity index (χ1n) is 10.2. The number of ether oxygens (including phenoxy) is 2. The van der Waals surface area contributed by atoms with Crippen molar-refractivity contribution in [3.63, 3.8) is 0 Å². The van der Waals surface area contributed by atoms with Crippen LogP contribution in [-0.2, 0) is 4.79 Å². The molecule has 1 aromatic heterocycles. The van der Waals surface area contributed by atoms with E-state index in [-0.39, 0.29) is 23.9 Å². The molecule has 154 valence electrons. The highest BCUT2D eigenvalue weighted by atomic mass is 16.5. The molecule has 1 aliphatic heterocycles. The van der Waals surface area contributed by atoms with Crippen molar-refractivity contribution in [2.45, 2.75) is 31.3 Å². The van der Waals surface area contributed by atoms with E-state index in [1.807, 2.05) is 52.0 Å². The third-order valence-corrected chi connectivity index (χ3v) is 5.99. The van der Waals surface area contributed by atoms with Gasteiger partial charge >= 0.3 is 0 Å². The van der Waals surface area contributed by atoms with Crippen LogP contribution in [0.2, 0.25) is 0 Å². The van der Waals surface area contributed by atoms with Crippen molar-refractivity contribution in [1.82, 2.24) is 14.8 Å². The highest BCUT2D eigenvalue weighted by Gasteiger charge is 2.44. The van der Waals surface area contributed by atoms with Crippen molar-refractivity contribution in [2.75, 3.05) is 19.1 Å². The highest BCUT2D eigenvalue weighted by Crippen LogP contribution is 2.46. The molecule has 1 saturated carbocycles. The largest absolute Gasteiger partial charge is 0.497 e. The minimum absolute atomic E-state index is 0.0821. The molecule has 7 nitrogen and oxygen atoms in total. The molecule has 0 saturated heterocycles. The van der Waals surface area contributed by atoms with Crippen LogP contribution in [0.3, 0.4) is 0 Å². The minimum atomic E-state index is -0.143. The average Bonchev–Trinajstić information content (AvgIpc) is 3.54. The number of rotatable bonds is 5. The van der Waals surface area contributed by atoms with Crippen molar-refractivity contribution >= 4 is 11.9 Å². The number of methoxy groups -OCH3 is 2. The number of carbonyl (C=O) groups excluding carboxylic acids is 1. The van der Waals surface area contributed by atoms with E-state index < -0.39 is 0 Å². The lowest BCUT2D eigenvalue weighted by molar-refractivity contribution is -0.120. The summed E-state index contributed by atoms with van der Waals surface area (Å²) in [5.41, 5.74) is 2.09. The number of benzene rings is 2. The van der Waals surface area contributed by atoms with Gasteiger partial charge in [0.1, 0.15) is 17.8 Å². The van der Waals surface area contributed by atoms with Gasteiger partial charge in [-0.15, -0.1) is 0 Å². The fourth-order valence-electron chi connectivity index (χ4n) is 4.28. The smallest absolute Gasteiger partial charge is 0.233 e. The second-order valence-corrected chi connectivity index (χ2v) is 7.77. The lowest BCUT2D eigenvalue weighted by atomic mass is 9.91. The molecule has 7 heteroatoms. The van der Waals surface area contributed by atoms with Crippen LogP contribution in [0.1, 0.15) is 42.5 Å². The lowest BCUT2D eigenvalue weighted by Gasteiger charge is -2.39. The van der Waals surface area contributed by atoms with E-state index in [0.29, 0.717) is 12.4 Å². The van der Waals surface area contributed by atoms with Crippen LogP contribution in [0.15, 0.2) is 54.9 Å².